The van der Waals surface area contributed by atoms with Crippen LogP contribution in [-0.4, -0.2) is 4.98 Å². The average Bonchev–Trinajstić information content (AvgIpc) is 1.94. The highest BCUT2D eigenvalue weighted by Crippen LogP contribution is 2.14. The Labute approximate surface area is 74.9 Å². The molecule has 0 saturated carbocycles. The largest absolute Gasteiger partial charge is 0.328 e. The second kappa shape index (κ2) is 3.34. The van der Waals surface area contributed by atoms with Crippen LogP contribution in [0.15, 0.2) is 21.5 Å². The summed E-state index contributed by atoms with van der Waals surface area (Å²) in [6.45, 7) is 0. The summed E-state index contributed by atoms with van der Waals surface area (Å²) < 4.78 is 0.920. The first-order valence-electron chi connectivity index (χ1n) is 2.67. The van der Waals surface area contributed by atoms with Crippen molar-refractivity contribution in [3.63, 3.8) is 0 Å². The third kappa shape index (κ3) is 1.70. The summed E-state index contributed by atoms with van der Waals surface area (Å²) in [4.78, 5) is 13.3. The molecule has 1 aromatic rings. The Balaban J connectivity index is 3.22. The smallest absolute Gasteiger partial charge is 0.248 e. The minimum Gasteiger partial charge on any atom is -0.328 e. The minimum absolute atomic E-state index is 0.0716. The molecule has 54 valence electrons. The molecule has 0 aliphatic heterocycles. The molecule has 1 N–H and O–H groups in total. The molecule has 1 aromatic heterocycles. The fourth-order valence-corrected chi connectivity index (χ4v) is 1.81. The molecular weight excluding hydrogens is 262 g/mol. The zero-order valence-electron chi connectivity index (χ0n) is 5.03. The molecule has 0 aliphatic carbocycles. The number of aromatic amines is 1. The van der Waals surface area contributed by atoms with Gasteiger partial charge in [-0.3, -0.25) is 4.79 Å². The lowest BCUT2D eigenvalue weighted by Crippen LogP contribution is -2.04. The van der Waals surface area contributed by atoms with E-state index in [4.69, 9.17) is 0 Å². The molecule has 0 spiro atoms. The molecule has 1 heterocycles. The summed E-state index contributed by atoms with van der Waals surface area (Å²) in [7, 11) is 0. The van der Waals surface area contributed by atoms with Crippen molar-refractivity contribution in [2.75, 3.05) is 0 Å². The maximum atomic E-state index is 10.7. The van der Waals surface area contributed by atoms with Crippen molar-refractivity contribution < 1.29 is 0 Å². The molecule has 10 heavy (non-hydrogen) atoms. The maximum absolute atomic E-state index is 10.7. The van der Waals surface area contributed by atoms with E-state index in [2.05, 4.69) is 36.8 Å². The van der Waals surface area contributed by atoms with E-state index in [-0.39, 0.29) is 5.56 Å². The summed E-state index contributed by atoms with van der Waals surface area (Å²) in [5.41, 5.74) is 0.890. The van der Waals surface area contributed by atoms with E-state index in [9.17, 15) is 4.79 Å². The molecule has 0 amide bonds. The summed E-state index contributed by atoms with van der Waals surface area (Å²) in [6.07, 6.45) is 1.64. The lowest BCUT2D eigenvalue weighted by atomic mass is 10.3. The molecule has 0 saturated heterocycles. The van der Waals surface area contributed by atoms with E-state index in [0.29, 0.717) is 5.33 Å². The molecular formula is C6H5Br2NO. The number of hydrogen-bond donors (Lipinski definition) is 1. The van der Waals surface area contributed by atoms with Gasteiger partial charge in [0.15, 0.2) is 0 Å². The van der Waals surface area contributed by atoms with Gasteiger partial charge in [-0.1, -0.05) is 15.9 Å². The van der Waals surface area contributed by atoms with Crippen LogP contribution < -0.4 is 5.56 Å². The number of halogens is 2. The molecule has 0 aromatic carbocycles. The second-order valence-electron chi connectivity index (χ2n) is 1.80. The second-order valence-corrected chi connectivity index (χ2v) is 3.22. The van der Waals surface area contributed by atoms with E-state index in [1.54, 1.807) is 12.3 Å². The van der Waals surface area contributed by atoms with Crippen LogP contribution in [0.25, 0.3) is 0 Å². The Morgan fingerprint density at radius 2 is 2.30 bits per heavy atom. The lowest BCUT2D eigenvalue weighted by Gasteiger charge is -1.95. The number of pyridine rings is 1. The molecule has 0 aliphatic rings. The Morgan fingerprint density at radius 1 is 1.60 bits per heavy atom. The first kappa shape index (κ1) is 8.01. The maximum Gasteiger partial charge on any atom is 0.248 e. The van der Waals surface area contributed by atoms with Crippen molar-refractivity contribution >= 4 is 31.9 Å². The number of aromatic nitrogens is 1. The summed E-state index contributed by atoms with van der Waals surface area (Å²) in [5.74, 6) is 0. The predicted octanol–water partition coefficient (Wildman–Crippen LogP) is 2.03. The highest BCUT2D eigenvalue weighted by molar-refractivity contribution is 9.10. The quantitative estimate of drug-likeness (QED) is 0.776. The molecule has 4 heteroatoms. The highest BCUT2D eigenvalue weighted by Gasteiger charge is 1.96. The van der Waals surface area contributed by atoms with Crippen molar-refractivity contribution in [3.8, 4) is 0 Å². The van der Waals surface area contributed by atoms with Gasteiger partial charge >= 0.3 is 0 Å². The van der Waals surface area contributed by atoms with Crippen LogP contribution in [0.4, 0.5) is 0 Å². The number of H-pyrrole nitrogens is 1. The monoisotopic (exact) mass is 265 g/mol. The third-order valence-electron chi connectivity index (χ3n) is 1.10. The van der Waals surface area contributed by atoms with Crippen LogP contribution in [0.1, 0.15) is 5.56 Å². The van der Waals surface area contributed by atoms with Gasteiger partial charge in [0.05, 0.1) is 0 Å². The predicted molar refractivity (Wildman–Crippen MR) is 47.4 cm³/mol. The van der Waals surface area contributed by atoms with Crippen molar-refractivity contribution in [1.29, 1.82) is 0 Å². The zero-order valence-corrected chi connectivity index (χ0v) is 8.20. The fraction of sp³-hybridized carbons (Fsp3) is 0.167. The first-order valence-corrected chi connectivity index (χ1v) is 4.58. The van der Waals surface area contributed by atoms with Gasteiger partial charge in [-0.2, -0.15) is 0 Å². The van der Waals surface area contributed by atoms with Crippen molar-refractivity contribution in [2.24, 2.45) is 0 Å². The van der Waals surface area contributed by atoms with Crippen molar-refractivity contribution in [3.05, 3.63) is 32.7 Å². The first-order chi connectivity index (χ1) is 4.74. The lowest BCUT2D eigenvalue weighted by molar-refractivity contribution is 1.18. The third-order valence-corrected chi connectivity index (χ3v) is 2.44. The van der Waals surface area contributed by atoms with Crippen LogP contribution in [-0.2, 0) is 5.33 Å². The van der Waals surface area contributed by atoms with Gasteiger partial charge in [0.2, 0.25) is 5.56 Å². The van der Waals surface area contributed by atoms with Gasteiger partial charge in [0.25, 0.3) is 0 Å². The van der Waals surface area contributed by atoms with Crippen molar-refractivity contribution in [1.82, 2.24) is 4.98 Å². The molecule has 2 nitrogen and oxygen atoms in total. The molecule has 0 bridgehead atoms. The fourth-order valence-electron chi connectivity index (χ4n) is 0.598. The van der Waals surface area contributed by atoms with Gasteiger partial charge in [-0.15, -0.1) is 0 Å². The SMILES string of the molecule is O=c1cc(CBr)c(Br)c[nH]1. The molecule has 0 fully saturated rings. The number of nitrogens with one attached hydrogen (secondary N) is 1. The Kier molecular flexibility index (Phi) is 2.68. The zero-order chi connectivity index (χ0) is 7.56. The van der Waals surface area contributed by atoms with Gasteiger partial charge in [0.1, 0.15) is 0 Å². The Hall–Kier alpha value is -0.0900. The normalized spacial score (nSPS) is 9.80. The van der Waals surface area contributed by atoms with Gasteiger partial charge < -0.3 is 4.98 Å². The van der Waals surface area contributed by atoms with Crippen LogP contribution in [0, 0.1) is 0 Å². The summed E-state index contributed by atoms with van der Waals surface area (Å²) in [5, 5.41) is 0.692. The molecule has 0 unspecified atom stereocenters. The molecule has 0 atom stereocenters. The molecule has 0 radical (unpaired) electrons. The van der Waals surface area contributed by atoms with Crippen LogP contribution in [0.3, 0.4) is 0 Å². The Morgan fingerprint density at radius 3 is 2.80 bits per heavy atom. The number of rotatable bonds is 1. The number of hydrogen-bond acceptors (Lipinski definition) is 1. The van der Waals surface area contributed by atoms with Crippen molar-refractivity contribution in [2.45, 2.75) is 5.33 Å². The van der Waals surface area contributed by atoms with Gasteiger partial charge in [0, 0.05) is 22.1 Å². The van der Waals surface area contributed by atoms with Crippen LogP contribution in [0.5, 0.6) is 0 Å². The van der Waals surface area contributed by atoms with E-state index in [0.717, 1.165) is 10.0 Å². The van der Waals surface area contributed by atoms with Gasteiger partial charge in [-0.05, 0) is 21.5 Å². The van der Waals surface area contributed by atoms with Crippen LogP contribution in [0.2, 0.25) is 0 Å². The molecule has 1 rings (SSSR count). The topological polar surface area (TPSA) is 32.9 Å². The van der Waals surface area contributed by atoms with Gasteiger partial charge in [-0.25, -0.2) is 0 Å². The van der Waals surface area contributed by atoms with Crippen LogP contribution >= 0.6 is 31.9 Å². The standard InChI is InChI=1S/C6H5Br2NO/c7-2-4-1-6(10)9-3-5(4)8/h1,3H,2H2,(H,9,10). The number of alkyl halides is 1. The highest BCUT2D eigenvalue weighted by atomic mass is 79.9. The Bertz CT molecular complexity index is 281. The average molecular weight is 267 g/mol. The summed E-state index contributed by atoms with van der Waals surface area (Å²) >= 11 is 6.55. The van der Waals surface area contributed by atoms with E-state index >= 15 is 0 Å². The van der Waals surface area contributed by atoms with E-state index < -0.39 is 0 Å². The minimum atomic E-state index is -0.0716. The van der Waals surface area contributed by atoms with E-state index in [1.165, 1.54) is 0 Å². The van der Waals surface area contributed by atoms with E-state index in [1.807, 2.05) is 0 Å². The summed E-state index contributed by atoms with van der Waals surface area (Å²) in [6, 6.07) is 1.55.